The van der Waals surface area contributed by atoms with E-state index in [4.69, 9.17) is 21.4 Å². The summed E-state index contributed by atoms with van der Waals surface area (Å²) in [6.07, 6.45) is 2.10. The van der Waals surface area contributed by atoms with Gasteiger partial charge in [-0.1, -0.05) is 23.7 Å². The molecule has 3 aromatic rings. The Bertz CT molecular complexity index is 1030. The van der Waals surface area contributed by atoms with Gasteiger partial charge in [-0.2, -0.15) is 5.10 Å². The van der Waals surface area contributed by atoms with Crippen molar-refractivity contribution in [1.29, 1.82) is 0 Å². The van der Waals surface area contributed by atoms with E-state index >= 15 is 0 Å². The molecule has 2 heterocycles. The molecule has 33 heavy (non-hydrogen) atoms. The lowest BCUT2D eigenvalue weighted by atomic mass is 10.1. The van der Waals surface area contributed by atoms with Crippen molar-refractivity contribution in [3.8, 4) is 17.0 Å². The summed E-state index contributed by atoms with van der Waals surface area (Å²) in [5.74, 6) is 0.908. The number of halogens is 1. The summed E-state index contributed by atoms with van der Waals surface area (Å²) in [5.41, 5.74) is 4.67. The molecule has 0 unspecified atom stereocenters. The van der Waals surface area contributed by atoms with Gasteiger partial charge in [0.2, 0.25) is 0 Å². The summed E-state index contributed by atoms with van der Waals surface area (Å²) in [5, 5.41) is 5.73. The van der Waals surface area contributed by atoms with Crippen LogP contribution in [0, 0.1) is 0 Å². The highest BCUT2D eigenvalue weighted by Gasteiger charge is 2.21. The lowest BCUT2D eigenvalue weighted by Gasteiger charge is -2.36. The van der Waals surface area contributed by atoms with Gasteiger partial charge in [-0.05, 0) is 88.2 Å². The van der Waals surface area contributed by atoms with E-state index in [0.717, 1.165) is 73.3 Å². The molecular formula is C27H35ClN4O. The number of aromatic nitrogens is 2. The van der Waals surface area contributed by atoms with Crippen molar-refractivity contribution in [2.45, 2.75) is 39.2 Å². The molecule has 1 aliphatic heterocycles. The van der Waals surface area contributed by atoms with Crippen LogP contribution in [0.2, 0.25) is 5.02 Å². The molecule has 0 N–H and O–H groups in total. The SMILES string of the molecule is COc1ccc(N2CCN(CCCc3cc(-c4ccc(Cl)cc4)n(C(C)(C)C)n3)CC2)cc1. The van der Waals surface area contributed by atoms with Crippen LogP contribution in [0.5, 0.6) is 5.75 Å². The molecule has 1 aromatic heterocycles. The third-order valence-corrected chi connectivity index (χ3v) is 6.50. The molecule has 1 aliphatic rings. The number of benzene rings is 2. The molecule has 0 radical (unpaired) electrons. The van der Waals surface area contributed by atoms with Crippen LogP contribution < -0.4 is 9.64 Å². The van der Waals surface area contributed by atoms with E-state index in [1.165, 1.54) is 5.69 Å². The zero-order valence-corrected chi connectivity index (χ0v) is 21.0. The van der Waals surface area contributed by atoms with E-state index in [1.54, 1.807) is 7.11 Å². The van der Waals surface area contributed by atoms with E-state index in [9.17, 15) is 0 Å². The molecule has 0 amide bonds. The van der Waals surface area contributed by atoms with Crippen LogP contribution in [-0.2, 0) is 12.0 Å². The van der Waals surface area contributed by atoms with E-state index in [1.807, 2.05) is 24.3 Å². The molecule has 6 heteroatoms. The molecule has 0 spiro atoms. The maximum Gasteiger partial charge on any atom is 0.119 e. The number of rotatable bonds is 7. The van der Waals surface area contributed by atoms with Gasteiger partial charge in [0.15, 0.2) is 0 Å². The molecule has 4 rings (SSSR count). The molecule has 0 bridgehead atoms. The molecule has 5 nitrogen and oxygen atoms in total. The summed E-state index contributed by atoms with van der Waals surface area (Å²) in [6.45, 7) is 12.0. The minimum absolute atomic E-state index is 0.0784. The molecule has 0 saturated carbocycles. The van der Waals surface area contributed by atoms with Crippen molar-refractivity contribution in [2.75, 3.05) is 44.7 Å². The van der Waals surface area contributed by atoms with Gasteiger partial charge in [0.05, 0.1) is 24.0 Å². The van der Waals surface area contributed by atoms with Gasteiger partial charge < -0.3 is 9.64 Å². The van der Waals surface area contributed by atoms with Crippen LogP contribution in [0.15, 0.2) is 54.6 Å². The number of hydrogen-bond acceptors (Lipinski definition) is 4. The van der Waals surface area contributed by atoms with Gasteiger partial charge >= 0.3 is 0 Å². The Labute approximate surface area is 202 Å². The molecule has 1 fully saturated rings. The lowest BCUT2D eigenvalue weighted by Crippen LogP contribution is -2.46. The van der Waals surface area contributed by atoms with Crippen LogP contribution in [0.3, 0.4) is 0 Å². The highest BCUT2D eigenvalue weighted by molar-refractivity contribution is 6.30. The van der Waals surface area contributed by atoms with Crippen LogP contribution in [0.1, 0.15) is 32.9 Å². The standard InChI is InChI=1S/C27H35ClN4O/c1-27(2,3)32-26(21-7-9-22(28)10-8-21)20-23(29-32)6-5-15-30-16-18-31(19-17-30)24-11-13-25(33-4)14-12-24/h7-14,20H,5-6,15-19H2,1-4H3. The second-order valence-corrected chi connectivity index (χ2v) is 10.2. The van der Waals surface area contributed by atoms with Gasteiger partial charge in [-0.3, -0.25) is 9.58 Å². The Kier molecular flexibility index (Phi) is 7.30. The molecule has 176 valence electrons. The Morgan fingerprint density at radius 2 is 1.61 bits per heavy atom. The highest BCUT2D eigenvalue weighted by Crippen LogP contribution is 2.28. The second-order valence-electron chi connectivity index (χ2n) is 9.74. The monoisotopic (exact) mass is 466 g/mol. The number of ether oxygens (including phenoxy) is 1. The first-order chi connectivity index (χ1) is 15.8. The van der Waals surface area contributed by atoms with Gasteiger partial charge in [0.25, 0.3) is 0 Å². The second kappa shape index (κ2) is 10.2. The van der Waals surface area contributed by atoms with Crippen molar-refractivity contribution < 1.29 is 4.74 Å². The van der Waals surface area contributed by atoms with Crippen molar-refractivity contribution in [3.05, 3.63) is 65.3 Å². The van der Waals surface area contributed by atoms with Gasteiger partial charge in [0, 0.05) is 36.9 Å². The van der Waals surface area contributed by atoms with Gasteiger partial charge in [-0.25, -0.2) is 0 Å². The largest absolute Gasteiger partial charge is 0.497 e. The number of methoxy groups -OCH3 is 1. The number of anilines is 1. The quantitative estimate of drug-likeness (QED) is 0.445. The first-order valence-electron chi connectivity index (χ1n) is 11.8. The summed E-state index contributed by atoms with van der Waals surface area (Å²) < 4.78 is 7.42. The molecule has 1 saturated heterocycles. The van der Waals surface area contributed by atoms with Gasteiger partial charge in [-0.15, -0.1) is 0 Å². The Morgan fingerprint density at radius 3 is 2.21 bits per heavy atom. The zero-order valence-electron chi connectivity index (χ0n) is 20.2. The minimum Gasteiger partial charge on any atom is -0.497 e. The van der Waals surface area contributed by atoms with Crippen LogP contribution in [-0.4, -0.2) is 54.5 Å². The lowest BCUT2D eigenvalue weighted by molar-refractivity contribution is 0.254. The fourth-order valence-corrected chi connectivity index (χ4v) is 4.52. The summed E-state index contributed by atoms with van der Waals surface area (Å²) in [7, 11) is 1.71. The van der Waals surface area contributed by atoms with Crippen LogP contribution >= 0.6 is 11.6 Å². The van der Waals surface area contributed by atoms with E-state index in [0.29, 0.717) is 0 Å². The smallest absolute Gasteiger partial charge is 0.119 e. The topological polar surface area (TPSA) is 33.5 Å². The number of aryl methyl sites for hydroxylation is 1. The maximum absolute atomic E-state index is 6.10. The Balaban J connectivity index is 1.32. The predicted molar refractivity (Wildman–Crippen MR) is 138 cm³/mol. The van der Waals surface area contributed by atoms with Crippen molar-refractivity contribution >= 4 is 17.3 Å². The summed E-state index contributed by atoms with van der Waals surface area (Å²) >= 11 is 6.10. The average Bonchev–Trinajstić information content (AvgIpc) is 3.25. The van der Waals surface area contributed by atoms with Crippen molar-refractivity contribution in [1.82, 2.24) is 14.7 Å². The summed E-state index contributed by atoms with van der Waals surface area (Å²) in [4.78, 5) is 5.03. The van der Waals surface area contributed by atoms with Crippen LogP contribution in [0.4, 0.5) is 5.69 Å². The summed E-state index contributed by atoms with van der Waals surface area (Å²) in [6, 6.07) is 18.7. The fourth-order valence-electron chi connectivity index (χ4n) is 4.40. The van der Waals surface area contributed by atoms with E-state index in [-0.39, 0.29) is 5.54 Å². The Morgan fingerprint density at radius 1 is 0.939 bits per heavy atom. The maximum atomic E-state index is 6.10. The molecule has 0 atom stereocenters. The fraction of sp³-hybridized carbons (Fsp3) is 0.444. The Hall–Kier alpha value is -2.50. The van der Waals surface area contributed by atoms with Crippen molar-refractivity contribution in [3.63, 3.8) is 0 Å². The third-order valence-electron chi connectivity index (χ3n) is 6.25. The van der Waals surface area contributed by atoms with E-state index < -0.39 is 0 Å². The molecule has 2 aromatic carbocycles. The first-order valence-corrected chi connectivity index (χ1v) is 12.2. The molecule has 0 aliphatic carbocycles. The molecular weight excluding hydrogens is 432 g/mol. The first kappa shape index (κ1) is 23.7. The number of nitrogens with zero attached hydrogens (tertiary/aromatic N) is 4. The highest BCUT2D eigenvalue weighted by atomic mass is 35.5. The minimum atomic E-state index is -0.0784. The average molecular weight is 467 g/mol. The number of piperazine rings is 1. The van der Waals surface area contributed by atoms with Crippen LogP contribution in [0.25, 0.3) is 11.3 Å². The normalized spacial score (nSPS) is 15.1. The van der Waals surface area contributed by atoms with Crippen molar-refractivity contribution in [2.24, 2.45) is 0 Å². The van der Waals surface area contributed by atoms with Gasteiger partial charge in [0.1, 0.15) is 5.75 Å². The third kappa shape index (κ3) is 5.90. The predicted octanol–water partition coefficient (Wildman–Crippen LogP) is 5.72. The van der Waals surface area contributed by atoms with E-state index in [2.05, 4.69) is 65.6 Å². The number of hydrogen-bond donors (Lipinski definition) is 0. The zero-order chi connectivity index (χ0) is 23.4.